The molecule has 1 amide bonds. The van der Waals surface area contributed by atoms with Crippen LogP contribution in [0.25, 0.3) is 0 Å². The van der Waals surface area contributed by atoms with Gasteiger partial charge in [0, 0.05) is 31.7 Å². The normalized spacial score (nSPS) is 16.2. The Labute approximate surface area is 147 Å². The second kappa shape index (κ2) is 6.97. The van der Waals surface area contributed by atoms with E-state index in [9.17, 15) is 13.2 Å². The SMILES string of the molecule is Cc1noc(C)c1CC(=O)N1CCN(S(=O)(=O)c2ccccc2)CC1. The summed E-state index contributed by atoms with van der Waals surface area (Å²) in [6.45, 7) is 4.95. The number of benzene rings is 1. The number of carbonyl (C=O) groups excluding carboxylic acids is 1. The first-order valence-electron chi connectivity index (χ1n) is 8.14. The number of aryl methyl sites for hydroxylation is 2. The average molecular weight is 363 g/mol. The largest absolute Gasteiger partial charge is 0.361 e. The first-order valence-corrected chi connectivity index (χ1v) is 9.58. The van der Waals surface area contributed by atoms with Gasteiger partial charge in [-0.05, 0) is 26.0 Å². The Balaban J connectivity index is 1.63. The van der Waals surface area contributed by atoms with Crippen molar-refractivity contribution in [3.63, 3.8) is 0 Å². The van der Waals surface area contributed by atoms with Gasteiger partial charge in [0.15, 0.2) is 0 Å². The quantitative estimate of drug-likeness (QED) is 0.819. The smallest absolute Gasteiger partial charge is 0.243 e. The minimum Gasteiger partial charge on any atom is -0.361 e. The van der Waals surface area contributed by atoms with Gasteiger partial charge in [0.05, 0.1) is 17.0 Å². The molecule has 1 fully saturated rings. The third-order valence-electron chi connectivity index (χ3n) is 4.48. The fourth-order valence-electron chi connectivity index (χ4n) is 2.94. The second-order valence-corrected chi connectivity index (χ2v) is 8.02. The summed E-state index contributed by atoms with van der Waals surface area (Å²) in [6, 6.07) is 8.37. The van der Waals surface area contributed by atoms with E-state index in [2.05, 4.69) is 5.16 Å². The number of hydrogen-bond acceptors (Lipinski definition) is 5. The maximum Gasteiger partial charge on any atom is 0.243 e. The molecule has 0 aliphatic carbocycles. The standard InChI is InChI=1S/C17H21N3O4S/c1-13-16(14(2)24-18-13)12-17(21)19-8-10-20(11-9-19)25(22,23)15-6-4-3-5-7-15/h3-7H,8-12H2,1-2H3. The number of rotatable bonds is 4. The van der Waals surface area contributed by atoms with E-state index in [0.29, 0.717) is 31.9 Å². The van der Waals surface area contributed by atoms with Crippen LogP contribution in [0.4, 0.5) is 0 Å². The molecule has 0 spiro atoms. The van der Waals surface area contributed by atoms with Gasteiger partial charge in [0.2, 0.25) is 15.9 Å². The van der Waals surface area contributed by atoms with E-state index in [1.54, 1.807) is 42.2 Å². The summed E-state index contributed by atoms with van der Waals surface area (Å²) in [5, 5.41) is 3.86. The molecule has 0 N–H and O–H groups in total. The lowest BCUT2D eigenvalue weighted by molar-refractivity contribution is -0.131. The van der Waals surface area contributed by atoms with Gasteiger partial charge in [0.1, 0.15) is 5.76 Å². The summed E-state index contributed by atoms with van der Waals surface area (Å²) in [6.07, 6.45) is 0.229. The van der Waals surface area contributed by atoms with E-state index in [-0.39, 0.29) is 17.2 Å². The molecule has 3 rings (SSSR count). The Bertz CT molecular complexity index is 834. The molecule has 1 aromatic carbocycles. The van der Waals surface area contributed by atoms with Crippen molar-refractivity contribution in [2.75, 3.05) is 26.2 Å². The van der Waals surface area contributed by atoms with Gasteiger partial charge in [-0.3, -0.25) is 4.79 Å². The molecule has 134 valence electrons. The van der Waals surface area contributed by atoms with E-state index in [4.69, 9.17) is 4.52 Å². The van der Waals surface area contributed by atoms with E-state index in [1.165, 1.54) is 4.31 Å². The molecule has 0 bridgehead atoms. The molecule has 1 saturated heterocycles. The molecule has 1 aromatic heterocycles. The molecule has 25 heavy (non-hydrogen) atoms. The summed E-state index contributed by atoms with van der Waals surface area (Å²) < 4.78 is 31.7. The number of amides is 1. The summed E-state index contributed by atoms with van der Waals surface area (Å²) in [5.41, 5.74) is 1.53. The lowest BCUT2D eigenvalue weighted by Gasteiger charge is -2.34. The molecule has 2 aromatic rings. The third kappa shape index (κ3) is 3.59. The van der Waals surface area contributed by atoms with E-state index < -0.39 is 10.0 Å². The van der Waals surface area contributed by atoms with Crippen LogP contribution in [-0.4, -0.2) is 54.9 Å². The number of sulfonamides is 1. The van der Waals surface area contributed by atoms with Crippen molar-refractivity contribution in [3.8, 4) is 0 Å². The molecular weight excluding hydrogens is 342 g/mol. The van der Waals surface area contributed by atoms with Crippen LogP contribution < -0.4 is 0 Å². The van der Waals surface area contributed by atoms with Crippen LogP contribution in [0.1, 0.15) is 17.0 Å². The Morgan fingerprint density at radius 1 is 1.12 bits per heavy atom. The van der Waals surface area contributed by atoms with Gasteiger partial charge in [-0.2, -0.15) is 4.31 Å². The summed E-state index contributed by atoms with van der Waals surface area (Å²) in [5.74, 6) is 0.613. The van der Waals surface area contributed by atoms with E-state index in [1.807, 2.05) is 6.92 Å². The highest BCUT2D eigenvalue weighted by molar-refractivity contribution is 7.89. The minimum atomic E-state index is -3.50. The zero-order valence-electron chi connectivity index (χ0n) is 14.3. The van der Waals surface area contributed by atoms with Crippen molar-refractivity contribution in [2.24, 2.45) is 0 Å². The van der Waals surface area contributed by atoms with E-state index in [0.717, 1.165) is 11.3 Å². The topological polar surface area (TPSA) is 83.7 Å². The zero-order chi connectivity index (χ0) is 18.0. The fourth-order valence-corrected chi connectivity index (χ4v) is 4.38. The highest BCUT2D eigenvalue weighted by Crippen LogP contribution is 2.19. The van der Waals surface area contributed by atoms with Gasteiger partial charge in [-0.25, -0.2) is 8.42 Å². The molecule has 0 saturated carbocycles. The zero-order valence-corrected chi connectivity index (χ0v) is 15.1. The fraction of sp³-hybridized carbons (Fsp3) is 0.412. The number of hydrogen-bond donors (Lipinski definition) is 0. The number of carbonyl (C=O) groups is 1. The van der Waals surface area contributed by atoms with Crippen LogP contribution in [0, 0.1) is 13.8 Å². The molecule has 0 atom stereocenters. The van der Waals surface area contributed by atoms with Crippen LogP contribution in [0.2, 0.25) is 0 Å². The van der Waals surface area contributed by atoms with Gasteiger partial charge in [-0.1, -0.05) is 23.4 Å². The lowest BCUT2D eigenvalue weighted by atomic mass is 10.1. The van der Waals surface area contributed by atoms with Crippen molar-refractivity contribution in [1.29, 1.82) is 0 Å². The molecular formula is C17H21N3O4S. The van der Waals surface area contributed by atoms with Crippen LogP contribution >= 0.6 is 0 Å². The van der Waals surface area contributed by atoms with Crippen LogP contribution in [0.5, 0.6) is 0 Å². The average Bonchev–Trinajstić information content (AvgIpc) is 2.94. The third-order valence-corrected chi connectivity index (χ3v) is 6.39. The van der Waals surface area contributed by atoms with Crippen LogP contribution in [0.3, 0.4) is 0 Å². The van der Waals surface area contributed by atoms with Crippen molar-refractivity contribution >= 4 is 15.9 Å². The Hall–Kier alpha value is -2.19. The monoisotopic (exact) mass is 363 g/mol. The van der Waals surface area contributed by atoms with Gasteiger partial charge >= 0.3 is 0 Å². The highest BCUT2D eigenvalue weighted by Gasteiger charge is 2.30. The maximum absolute atomic E-state index is 12.6. The Kier molecular flexibility index (Phi) is 4.91. The summed E-state index contributed by atoms with van der Waals surface area (Å²) in [7, 11) is -3.50. The van der Waals surface area contributed by atoms with E-state index >= 15 is 0 Å². The predicted octanol–water partition coefficient (Wildman–Crippen LogP) is 1.37. The molecule has 0 unspecified atom stereocenters. The number of aromatic nitrogens is 1. The number of piperazine rings is 1. The number of nitrogens with zero attached hydrogens (tertiary/aromatic N) is 3. The lowest BCUT2D eigenvalue weighted by Crippen LogP contribution is -2.50. The van der Waals surface area contributed by atoms with Crippen LogP contribution in [-0.2, 0) is 21.2 Å². The van der Waals surface area contributed by atoms with Crippen molar-refractivity contribution in [2.45, 2.75) is 25.2 Å². The molecule has 2 heterocycles. The van der Waals surface area contributed by atoms with Crippen molar-refractivity contribution in [3.05, 3.63) is 47.3 Å². The Morgan fingerprint density at radius 2 is 1.76 bits per heavy atom. The minimum absolute atomic E-state index is 0.0360. The van der Waals surface area contributed by atoms with Gasteiger partial charge in [-0.15, -0.1) is 0 Å². The van der Waals surface area contributed by atoms with Crippen LogP contribution in [0.15, 0.2) is 39.8 Å². The maximum atomic E-state index is 12.6. The summed E-state index contributed by atoms with van der Waals surface area (Å²) >= 11 is 0. The molecule has 8 heteroatoms. The highest BCUT2D eigenvalue weighted by atomic mass is 32.2. The summed E-state index contributed by atoms with van der Waals surface area (Å²) in [4.78, 5) is 14.5. The van der Waals surface area contributed by atoms with Gasteiger partial charge in [0.25, 0.3) is 0 Å². The van der Waals surface area contributed by atoms with Crippen molar-refractivity contribution < 1.29 is 17.7 Å². The molecule has 1 aliphatic rings. The Morgan fingerprint density at radius 3 is 2.32 bits per heavy atom. The molecule has 0 radical (unpaired) electrons. The van der Waals surface area contributed by atoms with Crippen molar-refractivity contribution in [1.82, 2.24) is 14.4 Å². The predicted molar refractivity (Wildman–Crippen MR) is 91.5 cm³/mol. The second-order valence-electron chi connectivity index (χ2n) is 6.08. The first-order chi connectivity index (χ1) is 11.9. The first kappa shape index (κ1) is 17.6. The molecule has 7 nitrogen and oxygen atoms in total. The molecule has 1 aliphatic heterocycles. The van der Waals surface area contributed by atoms with Gasteiger partial charge < -0.3 is 9.42 Å².